The minimum Gasteiger partial charge on any atom is -0.376 e. The average Bonchev–Trinajstić information content (AvgIpc) is 3.38. The molecular formula is C20H29ClN6O. The third-order valence-electron chi connectivity index (χ3n) is 4.86. The minimum atomic E-state index is 0.106. The molecule has 3 rings (SSSR count). The molecule has 0 radical (unpaired) electrons. The summed E-state index contributed by atoms with van der Waals surface area (Å²) in [6.07, 6.45) is 5.04. The van der Waals surface area contributed by atoms with E-state index in [9.17, 15) is 0 Å². The first-order valence-corrected chi connectivity index (χ1v) is 10.3. The van der Waals surface area contributed by atoms with E-state index < -0.39 is 0 Å². The number of hydrogen-bond acceptors (Lipinski definition) is 4. The van der Waals surface area contributed by atoms with E-state index >= 15 is 0 Å². The molecule has 2 aromatic rings. The van der Waals surface area contributed by atoms with Crippen LogP contribution >= 0.6 is 11.6 Å². The lowest BCUT2D eigenvalue weighted by Crippen LogP contribution is -2.40. The SMILES string of the molecule is CCc1nncn1CCNC(=NCC1CCCO1)NC(C)c1ccc(Cl)cc1. The molecule has 2 unspecified atom stereocenters. The van der Waals surface area contributed by atoms with Crippen molar-refractivity contribution < 1.29 is 4.74 Å². The molecule has 8 heteroatoms. The van der Waals surface area contributed by atoms with Crippen LogP contribution in [0, 0.1) is 0 Å². The van der Waals surface area contributed by atoms with Crippen LogP contribution in [0.25, 0.3) is 0 Å². The van der Waals surface area contributed by atoms with Gasteiger partial charge in [0, 0.05) is 31.1 Å². The van der Waals surface area contributed by atoms with E-state index in [0.717, 1.165) is 61.3 Å². The monoisotopic (exact) mass is 404 g/mol. The van der Waals surface area contributed by atoms with Crippen LogP contribution in [-0.4, -0.2) is 46.5 Å². The maximum atomic E-state index is 6.00. The Balaban J connectivity index is 1.60. The third kappa shape index (κ3) is 5.94. The summed E-state index contributed by atoms with van der Waals surface area (Å²) in [6, 6.07) is 7.98. The highest BCUT2D eigenvalue weighted by molar-refractivity contribution is 6.30. The van der Waals surface area contributed by atoms with Crippen molar-refractivity contribution in [3.05, 3.63) is 47.0 Å². The van der Waals surface area contributed by atoms with Crippen LogP contribution in [0.5, 0.6) is 0 Å². The predicted octanol–water partition coefficient (Wildman–Crippen LogP) is 2.97. The normalized spacial score (nSPS) is 18.2. The highest BCUT2D eigenvalue weighted by Crippen LogP contribution is 2.16. The molecule has 1 aliphatic heterocycles. The molecule has 0 amide bonds. The Bertz CT molecular complexity index is 754. The second-order valence-corrected chi connectivity index (χ2v) is 7.40. The van der Waals surface area contributed by atoms with Gasteiger partial charge in [0.15, 0.2) is 5.96 Å². The van der Waals surface area contributed by atoms with E-state index in [1.165, 1.54) is 0 Å². The quantitative estimate of drug-likeness (QED) is 0.522. The first kappa shape index (κ1) is 20.6. The Morgan fingerprint density at radius 1 is 1.39 bits per heavy atom. The highest BCUT2D eigenvalue weighted by Gasteiger charge is 2.16. The molecule has 1 fully saturated rings. The van der Waals surface area contributed by atoms with Gasteiger partial charge in [-0.05, 0) is 37.5 Å². The first-order valence-electron chi connectivity index (χ1n) is 9.94. The first-order chi connectivity index (χ1) is 13.7. The van der Waals surface area contributed by atoms with Crippen LogP contribution in [0.2, 0.25) is 5.02 Å². The van der Waals surface area contributed by atoms with Gasteiger partial charge in [0.25, 0.3) is 0 Å². The van der Waals surface area contributed by atoms with Crippen molar-refractivity contribution in [2.45, 2.75) is 51.8 Å². The molecule has 7 nitrogen and oxygen atoms in total. The largest absolute Gasteiger partial charge is 0.376 e. The summed E-state index contributed by atoms with van der Waals surface area (Å²) in [5.74, 6) is 1.77. The van der Waals surface area contributed by atoms with Gasteiger partial charge in [-0.15, -0.1) is 10.2 Å². The second kappa shape index (κ2) is 10.4. The van der Waals surface area contributed by atoms with Crippen molar-refractivity contribution in [1.82, 2.24) is 25.4 Å². The van der Waals surface area contributed by atoms with Crippen molar-refractivity contribution >= 4 is 17.6 Å². The smallest absolute Gasteiger partial charge is 0.191 e. The molecule has 2 N–H and O–H groups in total. The molecule has 1 aliphatic rings. The number of rotatable bonds is 8. The summed E-state index contributed by atoms with van der Waals surface area (Å²) in [6.45, 7) is 7.21. The lowest BCUT2D eigenvalue weighted by molar-refractivity contribution is 0.117. The number of aromatic nitrogens is 3. The number of guanidine groups is 1. The molecule has 1 aromatic carbocycles. The van der Waals surface area contributed by atoms with Crippen molar-refractivity contribution in [1.29, 1.82) is 0 Å². The second-order valence-electron chi connectivity index (χ2n) is 6.96. The standard InChI is InChI=1S/C20H29ClN6O/c1-3-19-26-24-14-27(19)11-10-22-20(23-13-18-5-4-12-28-18)25-15(2)16-6-8-17(21)9-7-16/h6-9,14-15,18H,3-5,10-13H2,1-2H3,(H2,22,23,25). The molecule has 1 saturated heterocycles. The minimum absolute atomic E-state index is 0.106. The van der Waals surface area contributed by atoms with Crippen molar-refractivity contribution in [2.75, 3.05) is 19.7 Å². The molecular weight excluding hydrogens is 376 g/mol. The number of ether oxygens (including phenoxy) is 1. The fourth-order valence-electron chi connectivity index (χ4n) is 3.21. The van der Waals surface area contributed by atoms with Gasteiger partial charge in [-0.1, -0.05) is 30.7 Å². The number of aliphatic imine (C=N–C) groups is 1. The van der Waals surface area contributed by atoms with Gasteiger partial charge in [-0.2, -0.15) is 0 Å². The fourth-order valence-corrected chi connectivity index (χ4v) is 3.33. The molecule has 0 aliphatic carbocycles. The molecule has 1 aromatic heterocycles. The lowest BCUT2D eigenvalue weighted by atomic mass is 10.1. The summed E-state index contributed by atoms with van der Waals surface area (Å²) in [5.41, 5.74) is 1.16. The third-order valence-corrected chi connectivity index (χ3v) is 5.11. The molecule has 0 bridgehead atoms. The molecule has 0 spiro atoms. The maximum absolute atomic E-state index is 6.00. The zero-order valence-corrected chi connectivity index (χ0v) is 17.3. The van der Waals surface area contributed by atoms with Crippen LogP contribution < -0.4 is 10.6 Å². The molecule has 2 atom stereocenters. The van der Waals surface area contributed by atoms with E-state index in [0.29, 0.717) is 6.54 Å². The fraction of sp³-hybridized carbons (Fsp3) is 0.550. The van der Waals surface area contributed by atoms with Gasteiger partial charge in [0.2, 0.25) is 0 Å². The van der Waals surface area contributed by atoms with Crippen LogP contribution in [0.1, 0.15) is 44.1 Å². The maximum Gasteiger partial charge on any atom is 0.191 e. The zero-order chi connectivity index (χ0) is 19.8. The number of nitrogens with one attached hydrogen (secondary N) is 2. The average molecular weight is 405 g/mol. The Hall–Kier alpha value is -2.12. The highest BCUT2D eigenvalue weighted by atomic mass is 35.5. The Morgan fingerprint density at radius 2 is 2.21 bits per heavy atom. The van der Waals surface area contributed by atoms with Gasteiger partial charge in [0.05, 0.1) is 18.7 Å². The van der Waals surface area contributed by atoms with Crippen LogP contribution in [0.3, 0.4) is 0 Å². The zero-order valence-electron chi connectivity index (χ0n) is 16.6. The summed E-state index contributed by atoms with van der Waals surface area (Å²) < 4.78 is 7.76. The summed E-state index contributed by atoms with van der Waals surface area (Å²) in [5, 5.41) is 15.8. The van der Waals surface area contributed by atoms with E-state index in [1.54, 1.807) is 6.33 Å². The number of hydrogen-bond donors (Lipinski definition) is 2. The van der Waals surface area contributed by atoms with Gasteiger partial charge >= 0.3 is 0 Å². The van der Waals surface area contributed by atoms with Gasteiger partial charge in [-0.25, -0.2) is 0 Å². The van der Waals surface area contributed by atoms with Gasteiger partial charge < -0.3 is 19.9 Å². The lowest BCUT2D eigenvalue weighted by Gasteiger charge is -2.20. The number of aryl methyl sites for hydroxylation is 1. The predicted molar refractivity (Wildman–Crippen MR) is 112 cm³/mol. The molecule has 28 heavy (non-hydrogen) atoms. The summed E-state index contributed by atoms with van der Waals surface area (Å²) in [7, 11) is 0. The van der Waals surface area contributed by atoms with Gasteiger partial charge in [0.1, 0.15) is 12.2 Å². The van der Waals surface area contributed by atoms with Crippen molar-refractivity contribution in [3.8, 4) is 0 Å². The van der Waals surface area contributed by atoms with E-state index in [-0.39, 0.29) is 12.1 Å². The van der Waals surface area contributed by atoms with E-state index in [1.807, 2.05) is 24.3 Å². The van der Waals surface area contributed by atoms with Gasteiger partial charge in [-0.3, -0.25) is 4.99 Å². The number of halogens is 1. The topological polar surface area (TPSA) is 76.4 Å². The molecule has 0 saturated carbocycles. The number of benzene rings is 1. The van der Waals surface area contributed by atoms with Crippen molar-refractivity contribution in [2.24, 2.45) is 4.99 Å². The Kier molecular flexibility index (Phi) is 7.68. The summed E-state index contributed by atoms with van der Waals surface area (Å²) in [4.78, 5) is 4.75. The van der Waals surface area contributed by atoms with Crippen LogP contribution in [0.4, 0.5) is 0 Å². The molecule has 2 heterocycles. The van der Waals surface area contributed by atoms with Crippen molar-refractivity contribution in [3.63, 3.8) is 0 Å². The summed E-state index contributed by atoms with van der Waals surface area (Å²) >= 11 is 6.00. The van der Waals surface area contributed by atoms with Crippen LogP contribution in [0.15, 0.2) is 35.6 Å². The Labute approximate surface area is 171 Å². The van der Waals surface area contributed by atoms with E-state index in [4.69, 9.17) is 21.3 Å². The molecule has 152 valence electrons. The Morgan fingerprint density at radius 3 is 2.93 bits per heavy atom. The van der Waals surface area contributed by atoms with E-state index in [2.05, 4.69) is 39.2 Å². The van der Waals surface area contributed by atoms with Crippen LogP contribution in [-0.2, 0) is 17.7 Å². The number of nitrogens with zero attached hydrogens (tertiary/aromatic N) is 4.